The van der Waals surface area contributed by atoms with Crippen LogP contribution in [0.3, 0.4) is 0 Å². The van der Waals surface area contributed by atoms with Gasteiger partial charge in [-0.3, -0.25) is 14.6 Å². The minimum Gasteiger partial charge on any atom is -0.371 e. The third-order valence-corrected chi connectivity index (χ3v) is 7.42. The van der Waals surface area contributed by atoms with Crippen molar-refractivity contribution in [3.63, 3.8) is 0 Å². The zero-order valence-corrected chi connectivity index (χ0v) is 18.9. The predicted molar refractivity (Wildman–Crippen MR) is 129 cm³/mol. The molecule has 0 spiro atoms. The van der Waals surface area contributed by atoms with E-state index in [1.165, 1.54) is 36.3 Å². The average molecular weight is 449 g/mol. The molecule has 32 heavy (non-hydrogen) atoms. The van der Waals surface area contributed by atoms with Gasteiger partial charge in [0.05, 0.1) is 16.5 Å². The molecule has 6 nitrogen and oxygen atoms in total. The van der Waals surface area contributed by atoms with Gasteiger partial charge in [0.1, 0.15) is 0 Å². The summed E-state index contributed by atoms with van der Waals surface area (Å²) in [5.41, 5.74) is 2.01. The van der Waals surface area contributed by atoms with Crippen molar-refractivity contribution in [2.45, 2.75) is 32.1 Å². The summed E-state index contributed by atoms with van der Waals surface area (Å²) in [7, 11) is 0. The van der Waals surface area contributed by atoms with Crippen LogP contribution in [0.25, 0.3) is 10.8 Å². The number of pyridine rings is 1. The summed E-state index contributed by atoms with van der Waals surface area (Å²) >= 11 is 1.45. The topological polar surface area (TPSA) is 65.5 Å². The van der Waals surface area contributed by atoms with Crippen LogP contribution >= 0.6 is 11.3 Å². The summed E-state index contributed by atoms with van der Waals surface area (Å²) < 4.78 is 0. The lowest BCUT2D eigenvalue weighted by molar-refractivity contribution is -0.121. The lowest BCUT2D eigenvalue weighted by atomic mass is 9.96. The van der Waals surface area contributed by atoms with Crippen LogP contribution in [0, 0.1) is 5.92 Å². The molecule has 1 unspecified atom stereocenters. The number of hydrogen-bond acceptors (Lipinski definition) is 5. The fourth-order valence-electron chi connectivity index (χ4n) is 4.86. The second kappa shape index (κ2) is 9.28. The van der Waals surface area contributed by atoms with Crippen LogP contribution in [0.2, 0.25) is 0 Å². The molecule has 166 valence electrons. The fraction of sp³-hybridized carbons (Fsp3) is 0.400. The molecule has 2 aromatic heterocycles. The molecule has 0 saturated carbocycles. The average Bonchev–Trinajstić information content (AvgIpc) is 3.39. The summed E-state index contributed by atoms with van der Waals surface area (Å²) in [5.74, 6) is -0.205. The number of carbonyl (C=O) groups is 2. The van der Waals surface area contributed by atoms with Gasteiger partial charge in [0, 0.05) is 55.0 Å². The van der Waals surface area contributed by atoms with Crippen molar-refractivity contribution < 1.29 is 9.59 Å². The van der Waals surface area contributed by atoms with Crippen LogP contribution in [0.4, 0.5) is 11.4 Å². The van der Waals surface area contributed by atoms with Gasteiger partial charge in [-0.15, -0.1) is 11.3 Å². The first-order valence-corrected chi connectivity index (χ1v) is 12.3. The van der Waals surface area contributed by atoms with Crippen LogP contribution in [0.1, 0.15) is 41.8 Å². The van der Waals surface area contributed by atoms with E-state index in [1.54, 1.807) is 0 Å². The summed E-state index contributed by atoms with van der Waals surface area (Å²) in [6, 6.07) is 9.90. The Morgan fingerprint density at radius 2 is 1.88 bits per heavy atom. The minimum atomic E-state index is -0.207. The molecule has 1 aromatic carbocycles. The van der Waals surface area contributed by atoms with Crippen molar-refractivity contribution in [1.82, 2.24) is 9.88 Å². The highest BCUT2D eigenvalue weighted by molar-refractivity contribution is 7.12. The molecule has 4 heterocycles. The summed E-state index contributed by atoms with van der Waals surface area (Å²) in [5, 5.41) is 7.14. The molecule has 7 heteroatoms. The van der Waals surface area contributed by atoms with Crippen molar-refractivity contribution in [3.8, 4) is 0 Å². The molecule has 0 bridgehead atoms. The van der Waals surface area contributed by atoms with E-state index in [0.29, 0.717) is 13.1 Å². The number of piperidine rings is 2. The van der Waals surface area contributed by atoms with E-state index in [0.717, 1.165) is 47.3 Å². The first-order chi connectivity index (χ1) is 15.7. The molecule has 5 rings (SSSR count). The van der Waals surface area contributed by atoms with Gasteiger partial charge in [0.2, 0.25) is 5.91 Å². The third kappa shape index (κ3) is 4.21. The number of thiophene rings is 1. The lowest BCUT2D eigenvalue weighted by Gasteiger charge is -2.32. The highest BCUT2D eigenvalue weighted by Gasteiger charge is 2.29. The third-order valence-electron chi connectivity index (χ3n) is 6.56. The molecule has 1 atom stereocenters. The van der Waals surface area contributed by atoms with E-state index in [9.17, 15) is 9.59 Å². The Hall–Kier alpha value is -2.93. The molecule has 1 N–H and O–H groups in total. The highest BCUT2D eigenvalue weighted by Crippen LogP contribution is 2.34. The SMILES string of the molecule is O=C(Nc1ccc(N2CCCCC2)c2ccncc12)C1CCCN(C(=O)c2cccs2)C1. The Balaban J connectivity index is 1.34. The Kier molecular flexibility index (Phi) is 6.08. The van der Waals surface area contributed by atoms with Gasteiger partial charge in [-0.25, -0.2) is 0 Å². The summed E-state index contributed by atoms with van der Waals surface area (Å²) in [4.78, 5) is 35.2. The second-order valence-corrected chi connectivity index (χ2v) is 9.61. The van der Waals surface area contributed by atoms with Crippen LogP contribution in [-0.2, 0) is 4.79 Å². The summed E-state index contributed by atoms with van der Waals surface area (Å²) in [6.45, 7) is 3.31. The summed E-state index contributed by atoms with van der Waals surface area (Å²) in [6.07, 6.45) is 9.01. The van der Waals surface area contributed by atoms with Crippen molar-refractivity contribution in [2.75, 3.05) is 36.4 Å². The van der Waals surface area contributed by atoms with E-state index in [4.69, 9.17) is 0 Å². The van der Waals surface area contributed by atoms with Crippen LogP contribution in [0.15, 0.2) is 48.1 Å². The standard InChI is InChI=1S/C25H28N4O2S/c30-24(18-6-4-14-29(17-18)25(31)23-7-5-15-32-23)27-21-8-9-22(28-12-2-1-3-13-28)19-10-11-26-16-20(19)21/h5,7-11,15-16,18H,1-4,6,12-14,17H2,(H,27,30). The molecule has 2 fully saturated rings. The van der Waals surface area contributed by atoms with Gasteiger partial charge in [0.15, 0.2) is 0 Å². The molecule has 2 aliphatic heterocycles. The molecular formula is C25H28N4O2S. The van der Waals surface area contributed by atoms with Gasteiger partial charge in [-0.05, 0) is 61.7 Å². The molecule has 2 aliphatic rings. The number of carbonyl (C=O) groups excluding carboxylic acids is 2. The van der Waals surface area contributed by atoms with Crippen molar-refractivity contribution in [3.05, 3.63) is 53.0 Å². The number of aromatic nitrogens is 1. The highest BCUT2D eigenvalue weighted by atomic mass is 32.1. The number of hydrogen-bond donors (Lipinski definition) is 1. The van der Waals surface area contributed by atoms with Crippen LogP contribution in [0.5, 0.6) is 0 Å². The van der Waals surface area contributed by atoms with Crippen molar-refractivity contribution >= 4 is 45.3 Å². The Morgan fingerprint density at radius 1 is 1.00 bits per heavy atom. The monoisotopic (exact) mass is 448 g/mol. The van der Waals surface area contributed by atoms with Gasteiger partial charge in [0.25, 0.3) is 5.91 Å². The van der Waals surface area contributed by atoms with Crippen molar-refractivity contribution in [1.29, 1.82) is 0 Å². The quantitative estimate of drug-likeness (QED) is 0.624. The number of fused-ring (bicyclic) bond motifs is 1. The van der Waals surface area contributed by atoms with E-state index < -0.39 is 0 Å². The Labute approximate surface area is 192 Å². The number of anilines is 2. The van der Waals surface area contributed by atoms with Gasteiger partial charge >= 0.3 is 0 Å². The van der Waals surface area contributed by atoms with Crippen LogP contribution < -0.4 is 10.2 Å². The zero-order valence-electron chi connectivity index (χ0n) is 18.1. The molecule has 0 radical (unpaired) electrons. The van der Waals surface area contributed by atoms with E-state index in [1.807, 2.05) is 46.9 Å². The van der Waals surface area contributed by atoms with E-state index >= 15 is 0 Å². The predicted octanol–water partition coefficient (Wildman–Crippen LogP) is 4.78. The Morgan fingerprint density at radius 3 is 2.69 bits per heavy atom. The Bertz CT molecular complexity index is 1110. The maximum atomic E-state index is 13.2. The molecule has 3 aromatic rings. The molecular weight excluding hydrogens is 420 g/mol. The number of nitrogens with zero attached hydrogens (tertiary/aromatic N) is 3. The number of amides is 2. The first kappa shape index (κ1) is 20.9. The normalized spacial score (nSPS) is 19.2. The van der Waals surface area contributed by atoms with Gasteiger partial charge in [-0.1, -0.05) is 6.07 Å². The minimum absolute atomic E-state index is 0.0236. The number of benzene rings is 1. The lowest BCUT2D eigenvalue weighted by Crippen LogP contribution is -2.43. The van der Waals surface area contributed by atoms with Gasteiger partial charge < -0.3 is 15.1 Å². The molecule has 2 amide bonds. The van der Waals surface area contributed by atoms with E-state index in [-0.39, 0.29) is 17.7 Å². The largest absolute Gasteiger partial charge is 0.371 e. The maximum absolute atomic E-state index is 13.2. The van der Waals surface area contributed by atoms with E-state index in [2.05, 4.69) is 21.3 Å². The van der Waals surface area contributed by atoms with Crippen molar-refractivity contribution in [2.24, 2.45) is 5.92 Å². The number of nitrogens with one attached hydrogen (secondary N) is 1. The second-order valence-electron chi connectivity index (χ2n) is 8.66. The number of likely N-dealkylation sites (tertiary alicyclic amines) is 1. The number of rotatable bonds is 4. The van der Waals surface area contributed by atoms with Crippen LogP contribution in [-0.4, -0.2) is 47.9 Å². The van der Waals surface area contributed by atoms with Gasteiger partial charge in [-0.2, -0.15) is 0 Å². The maximum Gasteiger partial charge on any atom is 0.263 e. The zero-order chi connectivity index (χ0) is 21.9. The molecule has 2 saturated heterocycles. The molecule has 0 aliphatic carbocycles. The smallest absolute Gasteiger partial charge is 0.263 e. The fourth-order valence-corrected chi connectivity index (χ4v) is 5.55. The first-order valence-electron chi connectivity index (χ1n) is 11.5.